The second kappa shape index (κ2) is 8.86. The third kappa shape index (κ3) is 4.27. The van der Waals surface area contributed by atoms with Crippen LogP contribution >= 0.6 is 39.1 Å². The van der Waals surface area contributed by atoms with Gasteiger partial charge in [-0.05, 0) is 90.6 Å². The van der Waals surface area contributed by atoms with Gasteiger partial charge in [-0.25, -0.2) is 4.98 Å². The fourth-order valence-electron chi connectivity index (χ4n) is 3.96. The van der Waals surface area contributed by atoms with E-state index in [4.69, 9.17) is 28.2 Å². The van der Waals surface area contributed by atoms with Crippen molar-refractivity contribution >= 4 is 61.6 Å². The molecular formula is C26H21BrCl2N2O. The predicted molar refractivity (Wildman–Crippen MR) is 138 cm³/mol. The minimum absolute atomic E-state index is 0.198. The molecule has 0 radical (unpaired) electrons. The highest BCUT2D eigenvalue weighted by molar-refractivity contribution is 9.10. The Hall–Kier alpha value is -2.40. The molecule has 0 spiro atoms. The number of anilines is 1. The number of aryl methyl sites for hydroxylation is 3. The molecule has 6 heteroatoms. The molecule has 0 aliphatic carbocycles. The minimum atomic E-state index is -0.198. The van der Waals surface area contributed by atoms with Crippen LogP contribution in [0.1, 0.15) is 32.6 Å². The van der Waals surface area contributed by atoms with Gasteiger partial charge in [-0.2, -0.15) is 0 Å². The van der Waals surface area contributed by atoms with E-state index in [0.29, 0.717) is 21.3 Å². The summed E-state index contributed by atoms with van der Waals surface area (Å²) < 4.78 is 0.788. The van der Waals surface area contributed by atoms with E-state index in [2.05, 4.69) is 27.3 Å². The fourth-order valence-corrected chi connectivity index (χ4v) is 4.71. The number of carbonyl (C=O) groups is 1. The smallest absolute Gasteiger partial charge is 0.256 e. The molecule has 0 atom stereocenters. The summed E-state index contributed by atoms with van der Waals surface area (Å²) in [6.45, 7) is 7.91. The Labute approximate surface area is 205 Å². The first-order valence-corrected chi connectivity index (χ1v) is 11.6. The maximum absolute atomic E-state index is 13.6. The Bertz CT molecular complexity index is 1380. The van der Waals surface area contributed by atoms with Crippen LogP contribution in [0, 0.1) is 27.7 Å². The van der Waals surface area contributed by atoms with Gasteiger partial charge in [0.05, 0.1) is 21.8 Å². The number of fused-ring (bicyclic) bond motifs is 1. The SMILES string of the molecule is Cc1cc(C)c2nc(-c3ccc(Cl)cc3)c(C)c(C(=O)Nc3cc(Cl)c(Br)cc3C)c2c1. The molecule has 0 saturated heterocycles. The lowest BCUT2D eigenvalue weighted by Gasteiger charge is -2.17. The van der Waals surface area contributed by atoms with Crippen LogP contribution in [-0.4, -0.2) is 10.9 Å². The van der Waals surface area contributed by atoms with Crippen molar-refractivity contribution in [2.24, 2.45) is 0 Å². The van der Waals surface area contributed by atoms with Crippen molar-refractivity contribution in [2.45, 2.75) is 27.7 Å². The molecule has 32 heavy (non-hydrogen) atoms. The van der Waals surface area contributed by atoms with Crippen LogP contribution in [0.2, 0.25) is 10.0 Å². The number of hydrogen-bond donors (Lipinski definition) is 1. The lowest BCUT2D eigenvalue weighted by Crippen LogP contribution is -2.16. The Morgan fingerprint density at radius 3 is 2.31 bits per heavy atom. The third-order valence-corrected chi connectivity index (χ3v) is 6.98. The van der Waals surface area contributed by atoms with E-state index in [9.17, 15) is 4.79 Å². The molecule has 0 bridgehead atoms. The molecule has 1 heterocycles. The number of nitrogens with one attached hydrogen (secondary N) is 1. The third-order valence-electron chi connectivity index (χ3n) is 5.53. The number of hydrogen-bond acceptors (Lipinski definition) is 2. The highest BCUT2D eigenvalue weighted by Gasteiger charge is 2.21. The number of rotatable bonds is 3. The van der Waals surface area contributed by atoms with Crippen molar-refractivity contribution in [1.29, 1.82) is 0 Å². The molecule has 0 fully saturated rings. The van der Waals surface area contributed by atoms with E-state index in [1.54, 1.807) is 6.07 Å². The van der Waals surface area contributed by atoms with Crippen molar-refractivity contribution in [3.63, 3.8) is 0 Å². The normalized spacial score (nSPS) is 11.1. The number of aromatic nitrogens is 1. The Morgan fingerprint density at radius 2 is 1.62 bits per heavy atom. The first kappa shape index (κ1) is 22.8. The van der Waals surface area contributed by atoms with Crippen LogP contribution in [0.15, 0.2) is 53.0 Å². The second-order valence-corrected chi connectivity index (χ2v) is 9.68. The van der Waals surface area contributed by atoms with Gasteiger partial charge in [0.1, 0.15) is 0 Å². The monoisotopic (exact) mass is 526 g/mol. The highest BCUT2D eigenvalue weighted by atomic mass is 79.9. The van der Waals surface area contributed by atoms with E-state index in [1.165, 1.54) is 0 Å². The molecule has 0 saturated carbocycles. The van der Waals surface area contributed by atoms with Crippen molar-refractivity contribution in [2.75, 3.05) is 5.32 Å². The molecule has 162 valence electrons. The molecule has 3 nitrogen and oxygen atoms in total. The quantitative estimate of drug-likeness (QED) is 0.290. The van der Waals surface area contributed by atoms with Crippen molar-refractivity contribution < 1.29 is 4.79 Å². The lowest BCUT2D eigenvalue weighted by molar-refractivity contribution is 0.102. The molecule has 1 N–H and O–H groups in total. The summed E-state index contributed by atoms with van der Waals surface area (Å²) in [5, 5.41) is 5.08. The van der Waals surface area contributed by atoms with Crippen LogP contribution in [0.4, 0.5) is 5.69 Å². The van der Waals surface area contributed by atoms with Crippen molar-refractivity contribution in [3.8, 4) is 11.3 Å². The maximum atomic E-state index is 13.6. The van der Waals surface area contributed by atoms with Gasteiger partial charge in [-0.15, -0.1) is 0 Å². The van der Waals surface area contributed by atoms with Crippen molar-refractivity contribution in [1.82, 2.24) is 4.98 Å². The van der Waals surface area contributed by atoms with E-state index in [-0.39, 0.29) is 5.91 Å². The Morgan fingerprint density at radius 1 is 0.938 bits per heavy atom. The van der Waals surface area contributed by atoms with Gasteiger partial charge in [0.25, 0.3) is 5.91 Å². The zero-order chi connectivity index (χ0) is 23.2. The van der Waals surface area contributed by atoms with Crippen LogP contribution < -0.4 is 5.32 Å². The van der Waals surface area contributed by atoms with Gasteiger partial charge >= 0.3 is 0 Å². The molecule has 1 aromatic heterocycles. The largest absolute Gasteiger partial charge is 0.322 e. The summed E-state index contributed by atoms with van der Waals surface area (Å²) in [4.78, 5) is 18.6. The molecule has 4 rings (SSSR count). The summed E-state index contributed by atoms with van der Waals surface area (Å²) in [5.74, 6) is -0.198. The zero-order valence-electron chi connectivity index (χ0n) is 18.1. The lowest BCUT2D eigenvalue weighted by atomic mass is 9.94. The van der Waals surface area contributed by atoms with E-state index < -0.39 is 0 Å². The molecule has 0 unspecified atom stereocenters. The predicted octanol–water partition coefficient (Wildman–Crippen LogP) is 8.46. The standard InChI is InChI=1S/C26H21BrCl2N2O/c1-13-9-15(3)24-19(10-13)23(16(4)25(31-24)17-5-7-18(28)8-6-17)26(32)30-22-12-21(29)20(27)11-14(22)2/h5-12H,1-4H3,(H,30,32). The molecule has 1 amide bonds. The fraction of sp³-hybridized carbons (Fsp3) is 0.154. The van der Waals surface area contributed by atoms with Crippen LogP contribution in [0.3, 0.4) is 0 Å². The van der Waals surface area contributed by atoms with Gasteiger partial charge in [-0.3, -0.25) is 4.79 Å². The van der Waals surface area contributed by atoms with E-state index in [1.807, 2.05) is 64.1 Å². The highest BCUT2D eigenvalue weighted by Crippen LogP contribution is 2.34. The maximum Gasteiger partial charge on any atom is 0.256 e. The molecule has 0 aliphatic rings. The summed E-state index contributed by atoms with van der Waals surface area (Å²) in [6.07, 6.45) is 0. The Kier molecular flexibility index (Phi) is 6.30. The average molecular weight is 528 g/mol. The summed E-state index contributed by atoms with van der Waals surface area (Å²) in [5.41, 5.74) is 7.57. The summed E-state index contributed by atoms with van der Waals surface area (Å²) >= 11 is 15.8. The number of carbonyl (C=O) groups excluding carboxylic acids is 1. The van der Waals surface area contributed by atoms with Crippen LogP contribution in [0.5, 0.6) is 0 Å². The van der Waals surface area contributed by atoms with Gasteiger partial charge in [0.2, 0.25) is 0 Å². The first-order chi connectivity index (χ1) is 15.2. The number of nitrogens with zero attached hydrogens (tertiary/aromatic N) is 1. The van der Waals surface area contributed by atoms with Gasteiger partial charge in [-0.1, -0.05) is 47.0 Å². The number of pyridine rings is 1. The van der Waals surface area contributed by atoms with Gasteiger partial charge in [0.15, 0.2) is 0 Å². The Balaban J connectivity index is 1.94. The van der Waals surface area contributed by atoms with Crippen LogP contribution in [-0.2, 0) is 0 Å². The number of benzene rings is 3. The number of halogens is 3. The molecular weight excluding hydrogens is 507 g/mol. The molecule has 4 aromatic rings. The minimum Gasteiger partial charge on any atom is -0.322 e. The molecule has 3 aromatic carbocycles. The summed E-state index contributed by atoms with van der Waals surface area (Å²) in [7, 11) is 0. The van der Waals surface area contributed by atoms with Crippen LogP contribution in [0.25, 0.3) is 22.2 Å². The zero-order valence-corrected chi connectivity index (χ0v) is 21.2. The molecule has 0 aliphatic heterocycles. The van der Waals surface area contributed by atoms with E-state index in [0.717, 1.165) is 48.9 Å². The average Bonchev–Trinajstić information content (AvgIpc) is 2.72. The number of amides is 1. The van der Waals surface area contributed by atoms with Gasteiger partial charge in [0, 0.05) is 26.1 Å². The van der Waals surface area contributed by atoms with Gasteiger partial charge < -0.3 is 5.32 Å². The van der Waals surface area contributed by atoms with Crippen molar-refractivity contribution in [3.05, 3.63) is 90.9 Å². The second-order valence-electron chi connectivity index (χ2n) is 7.98. The van der Waals surface area contributed by atoms with E-state index >= 15 is 0 Å². The summed E-state index contributed by atoms with van der Waals surface area (Å²) in [6, 6.07) is 15.3. The first-order valence-electron chi connectivity index (χ1n) is 10.1. The topological polar surface area (TPSA) is 42.0 Å².